The van der Waals surface area contributed by atoms with E-state index in [0.717, 1.165) is 19.4 Å². The summed E-state index contributed by atoms with van der Waals surface area (Å²) in [5.41, 5.74) is 1.57. The molecule has 2 aromatic rings. The van der Waals surface area contributed by atoms with Gasteiger partial charge in [-0.2, -0.15) is 0 Å². The minimum Gasteiger partial charge on any atom is -0.478 e. The number of carboxylic acid groups (broad SMARTS) is 1. The summed E-state index contributed by atoms with van der Waals surface area (Å²) >= 11 is 0. The van der Waals surface area contributed by atoms with Crippen LogP contribution in [0.15, 0.2) is 42.5 Å². The van der Waals surface area contributed by atoms with Crippen LogP contribution < -0.4 is 10.6 Å². The van der Waals surface area contributed by atoms with E-state index in [0.29, 0.717) is 23.5 Å². The Hall–Kier alpha value is -2.93. The molecule has 0 spiro atoms. The van der Waals surface area contributed by atoms with Gasteiger partial charge in [-0.15, -0.1) is 0 Å². The van der Waals surface area contributed by atoms with Crippen molar-refractivity contribution in [3.63, 3.8) is 0 Å². The van der Waals surface area contributed by atoms with Gasteiger partial charge < -0.3 is 20.5 Å². The molecule has 1 amide bonds. The van der Waals surface area contributed by atoms with Crippen molar-refractivity contribution in [1.82, 2.24) is 0 Å². The van der Waals surface area contributed by atoms with E-state index in [1.807, 2.05) is 0 Å². The van der Waals surface area contributed by atoms with Gasteiger partial charge in [-0.25, -0.2) is 9.18 Å². The first-order chi connectivity index (χ1) is 13.0. The summed E-state index contributed by atoms with van der Waals surface area (Å²) in [5.74, 6) is -1.77. The second-order valence-corrected chi connectivity index (χ2v) is 6.44. The van der Waals surface area contributed by atoms with E-state index < -0.39 is 11.8 Å². The number of hydrogen-bond acceptors (Lipinski definition) is 4. The lowest BCUT2D eigenvalue weighted by Crippen LogP contribution is -2.19. The van der Waals surface area contributed by atoms with Crippen LogP contribution in [0.5, 0.6) is 0 Å². The van der Waals surface area contributed by atoms with Gasteiger partial charge in [0.25, 0.3) is 0 Å². The number of anilines is 2. The topological polar surface area (TPSA) is 87.7 Å². The van der Waals surface area contributed by atoms with Gasteiger partial charge in [0.2, 0.25) is 5.91 Å². The highest BCUT2D eigenvalue weighted by Gasteiger charge is 2.16. The van der Waals surface area contributed by atoms with Crippen molar-refractivity contribution in [3.8, 4) is 0 Å². The van der Waals surface area contributed by atoms with Crippen LogP contribution >= 0.6 is 0 Å². The molecule has 0 saturated carbocycles. The van der Waals surface area contributed by atoms with Gasteiger partial charge in [0.05, 0.1) is 23.8 Å². The Morgan fingerprint density at radius 3 is 2.59 bits per heavy atom. The lowest BCUT2D eigenvalue weighted by atomic mass is 10.1. The van der Waals surface area contributed by atoms with Gasteiger partial charge in [0.15, 0.2) is 0 Å². The summed E-state index contributed by atoms with van der Waals surface area (Å²) in [6.45, 7) is 1.30. The smallest absolute Gasteiger partial charge is 0.335 e. The molecule has 1 aliphatic rings. The molecule has 7 heteroatoms. The standard InChI is InChI=1S/C20H21FN2O4/c21-17-11-15(7-8-18(17)22-12-16-2-1-9-27-16)23-19(24)10-13-3-5-14(6-4-13)20(25)26/h3-8,11,16,22H,1-2,9-10,12H2,(H,23,24)(H,25,26). The minimum absolute atomic E-state index is 0.0700. The third-order valence-electron chi connectivity index (χ3n) is 4.36. The summed E-state index contributed by atoms with van der Waals surface area (Å²) in [6, 6.07) is 10.5. The van der Waals surface area contributed by atoms with Gasteiger partial charge in [-0.05, 0) is 48.7 Å². The molecule has 1 aliphatic heterocycles. The normalized spacial score (nSPS) is 16.1. The number of halogens is 1. The number of hydrogen-bond donors (Lipinski definition) is 3. The third kappa shape index (κ3) is 5.27. The summed E-state index contributed by atoms with van der Waals surface area (Å²) in [5, 5.41) is 14.5. The molecule has 0 bridgehead atoms. The number of benzene rings is 2. The molecule has 1 heterocycles. The first kappa shape index (κ1) is 18.8. The molecule has 1 unspecified atom stereocenters. The zero-order valence-corrected chi connectivity index (χ0v) is 14.7. The molecule has 0 aromatic heterocycles. The van der Waals surface area contributed by atoms with Crippen molar-refractivity contribution >= 4 is 23.3 Å². The van der Waals surface area contributed by atoms with Crippen molar-refractivity contribution < 1.29 is 23.8 Å². The molecule has 142 valence electrons. The summed E-state index contributed by atoms with van der Waals surface area (Å²) in [7, 11) is 0. The molecule has 0 radical (unpaired) electrons. The minimum atomic E-state index is -1.02. The van der Waals surface area contributed by atoms with E-state index in [2.05, 4.69) is 10.6 Å². The van der Waals surface area contributed by atoms with Crippen LogP contribution in [0.2, 0.25) is 0 Å². The average molecular weight is 372 g/mol. The molecule has 27 heavy (non-hydrogen) atoms. The number of amides is 1. The Labute approximate surface area is 156 Å². The predicted octanol–water partition coefficient (Wildman–Crippen LogP) is 3.30. The van der Waals surface area contributed by atoms with E-state index in [1.165, 1.54) is 18.2 Å². The van der Waals surface area contributed by atoms with Crippen LogP contribution in [0.4, 0.5) is 15.8 Å². The van der Waals surface area contributed by atoms with E-state index >= 15 is 0 Å². The molecule has 1 saturated heterocycles. The monoisotopic (exact) mass is 372 g/mol. The number of carboxylic acids is 1. The lowest BCUT2D eigenvalue weighted by Gasteiger charge is -2.13. The first-order valence-corrected chi connectivity index (χ1v) is 8.78. The summed E-state index contributed by atoms with van der Waals surface area (Å²) in [6.07, 6.45) is 2.17. The number of rotatable bonds is 7. The largest absolute Gasteiger partial charge is 0.478 e. The SMILES string of the molecule is O=C(Cc1ccc(C(=O)O)cc1)Nc1ccc(NCC2CCCO2)c(F)c1. The van der Waals surface area contributed by atoms with E-state index in [9.17, 15) is 14.0 Å². The van der Waals surface area contributed by atoms with E-state index in [4.69, 9.17) is 9.84 Å². The molecular weight excluding hydrogens is 351 g/mol. The van der Waals surface area contributed by atoms with E-state index in [-0.39, 0.29) is 24.0 Å². The third-order valence-corrected chi connectivity index (χ3v) is 4.36. The highest BCUT2D eigenvalue weighted by Crippen LogP contribution is 2.20. The Balaban J connectivity index is 1.54. The summed E-state index contributed by atoms with van der Waals surface area (Å²) in [4.78, 5) is 22.9. The van der Waals surface area contributed by atoms with Crippen molar-refractivity contribution in [1.29, 1.82) is 0 Å². The Morgan fingerprint density at radius 1 is 1.19 bits per heavy atom. The first-order valence-electron chi connectivity index (χ1n) is 8.78. The zero-order valence-electron chi connectivity index (χ0n) is 14.7. The van der Waals surface area contributed by atoms with E-state index in [1.54, 1.807) is 24.3 Å². The van der Waals surface area contributed by atoms with Crippen molar-refractivity contribution in [3.05, 3.63) is 59.4 Å². The van der Waals surface area contributed by atoms with Crippen LogP contribution in [0.1, 0.15) is 28.8 Å². The fraction of sp³-hybridized carbons (Fsp3) is 0.300. The van der Waals surface area contributed by atoms with Crippen LogP contribution in [0, 0.1) is 5.82 Å². The number of ether oxygens (including phenoxy) is 1. The zero-order chi connectivity index (χ0) is 19.2. The van der Waals surface area contributed by atoms with Crippen molar-refractivity contribution in [2.75, 3.05) is 23.8 Å². The van der Waals surface area contributed by atoms with Gasteiger partial charge in [0.1, 0.15) is 5.82 Å². The van der Waals surface area contributed by atoms with Crippen LogP contribution in [0.3, 0.4) is 0 Å². The molecule has 1 atom stereocenters. The second kappa shape index (κ2) is 8.64. The van der Waals surface area contributed by atoms with Gasteiger partial charge in [0, 0.05) is 18.8 Å². The highest BCUT2D eigenvalue weighted by molar-refractivity contribution is 5.93. The fourth-order valence-corrected chi connectivity index (χ4v) is 2.92. The average Bonchev–Trinajstić information content (AvgIpc) is 3.15. The van der Waals surface area contributed by atoms with Crippen LogP contribution in [-0.4, -0.2) is 36.2 Å². The number of carbonyl (C=O) groups excluding carboxylic acids is 1. The molecule has 3 rings (SSSR count). The molecule has 6 nitrogen and oxygen atoms in total. The second-order valence-electron chi connectivity index (χ2n) is 6.44. The lowest BCUT2D eigenvalue weighted by molar-refractivity contribution is -0.115. The van der Waals surface area contributed by atoms with Crippen LogP contribution in [-0.2, 0) is 16.0 Å². The maximum absolute atomic E-state index is 14.2. The molecule has 0 aliphatic carbocycles. The molecule has 1 fully saturated rings. The number of aromatic carboxylic acids is 1. The van der Waals surface area contributed by atoms with Gasteiger partial charge in [-0.1, -0.05) is 12.1 Å². The maximum atomic E-state index is 14.2. The number of carbonyl (C=O) groups is 2. The van der Waals surface area contributed by atoms with Crippen molar-refractivity contribution in [2.24, 2.45) is 0 Å². The number of nitrogens with one attached hydrogen (secondary N) is 2. The fourth-order valence-electron chi connectivity index (χ4n) is 2.92. The Morgan fingerprint density at radius 2 is 1.96 bits per heavy atom. The highest BCUT2D eigenvalue weighted by atomic mass is 19.1. The predicted molar refractivity (Wildman–Crippen MR) is 99.6 cm³/mol. The van der Waals surface area contributed by atoms with Crippen molar-refractivity contribution in [2.45, 2.75) is 25.4 Å². The quantitative estimate of drug-likeness (QED) is 0.694. The molecular formula is C20H21FN2O4. The van der Waals surface area contributed by atoms with Crippen LogP contribution in [0.25, 0.3) is 0 Å². The maximum Gasteiger partial charge on any atom is 0.335 e. The van der Waals surface area contributed by atoms with Gasteiger partial charge in [-0.3, -0.25) is 4.79 Å². The molecule has 3 N–H and O–H groups in total. The Kier molecular flexibility index (Phi) is 6.03. The summed E-state index contributed by atoms with van der Waals surface area (Å²) < 4.78 is 19.7. The van der Waals surface area contributed by atoms with Gasteiger partial charge >= 0.3 is 5.97 Å². The molecule has 2 aromatic carbocycles. The Bertz CT molecular complexity index is 817.